The van der Waals surface area contributed by atoms with Crippen LogP contribution in [-0.2, 0) is 0 Å². The van der Waals surface area contributed by atoms with Gasteiger partial charge in [0.25, 0.3) is 0 Å². The van der Waals surface area contributed by atoms with Gasteiger partial charge in [0.05, 0.1) is 49.8 Å². The smallest absolute Gasteiger partial charge is 0.0546 e. The lowest BCUT2D eigenvalue weighted by Crippen LogP contribution is -1.96. The van der Waals surface area contributed by atoms with Gasteiger partial charge >= 0.3 is 0 Å². The first-order chi connectivity index (χ1) is 51.6. The number of hydrogen-bond donors (Lipinski definition) is 0. The predicted molar refractivity (Wildman–Crippen MR) is 442 cm³/mol. The summed E-state index contributed by atoms with van der Waals surface area (Å²) in [6, 6.07) is 142. The Bertz CT molecular complexity index is 7210. The van der Waals surface area contributed by atoms with Crippen LogP contribution in [0.25, 0.3) is 198 Å². The molecule has 0 aliphatic carbocycles. The summed E-state index contributed by atoms with van der Waals surface area (Å²) >= 11 is 0. The minimum atomic E-state index is 1.16. The second-order valence-electron chi connectivity index (χ2n) is 27.5. The first-order valence-electron chi connectivity index (χ1n) is 35.9. The lowest BCUT2D eigenvalue weighted by Gasteiger charge is -2.14. The van der Waals surface area contributed by atoms with Crippen LogP contribution in [0.4, 0.5) is 0 Å². The molecule has 4 aromatic heterocycles. The molecule has 0 saturated heterocycles. The maximum absolute atomic E-state index is 2.46. The Morgan fingerprint density at radius 3 is 0.933 bits per heavy atom. The monoisotopic (exact) mass is 1320 g/mol. The summed E-state index contributed by atoms with van der Waals surface area (Å²) < 4.78 is 9.66. The third kappa shape index (κ3) is 9.46. The van der Waals surface area contributed by atoms with Gasteiger partial charge in [-0.15, -0.1) is 0 Å². The fourth-order valence-electron chi connectivity index (χ4n) is 17.0. The molecule has 4 heteroatoms. The van der Waals surface area contributed by atoms with Crippen LogP contribution in [0.2, 0.25) is 0 Å². The minimum Gasteiger partial charge on any atom is -0.309 e. The molecule has 0 aliphatic rings. The van der Waals surface area contributed by atoms with Gasteiger partial charge in [0, 0.05) is 65.5 Å². The number of fused-ring (bicyclic) bond motifs is 18. The van der Waals surface area contributed by atoms with Crippen molar-refractivity contribution in [2.45, 2.75) is 0 Å². The van der Waals surface area contributed by atoms with Crippen molar-refractivity contribution < 1.29 is 0 Å². The van der Waals surface area contributed by atoms with Crippen LogP contribution in [-0.4, -0.2) is 18.3 Å². The number of benzene rings is 18. The van der Waals surface area contributed by atoms with Crippen LogP contribution in [0.1, 0.15) is 0 Å². The summed E-state index contributed by atoms with van der Waals surface area (Å²) in [5, 5.41) is 20.2. The number of aromatic nitrogens is 4. The lowest BCUT2D eigenvalue weighted by molar-refractivity contribution is 1.18. The van der Waals surface area contributed by atoms with E-state index < -0.39 is 0 Å². The highest BCUT2D eigenvalue weighted by Crippen LogP contribution is 2.44. The summed E-state index contributed by atoms with van der Waals surface area (Å²) in [4.78, 5) is 0. The van der Waals surface area contributed by atoms with Crippen LogP contribution in [0.15, 0.2) is 388 Å². The lowest BCUT2D eigenvalue weighted by atomic mass is 9.93. The summed E-state index contributed by atoms with van der Waals surface area (Å²) in [6.45, 7) is 0. The molecule has 0 radical (unpaired) electrons. The van der Waals surface area contributed by atoms with E-state index in [1.807, 2.05) is 0 Å². The predicted octanol–water partition coefficient (Wildman–Crippen LogP) is 27.0. The zero-order valence-corrected chi connectivity index (χ0v) is 56.7. The van der Waals surface area contributed by atoms with Crippen LogP contribution in [0, 0.1) is 0 Å². The summed E-state index contributed by atoms with van der Waals surface area (Å²) in [7, 11) is 0. The maximum atomic E-state index is 2.46. The van der Waals surface area contributed by atoms with Gasteiger partial charge in [-0.25, -0.2) is 0 Å². The summed E-state index contributed by atoms with van der Waals surface area (Å²) in [6.07, 6.45) is 0. The Morgan fingerprint density at radius 2 is 0.442 bits per heavy atom. The van der Waals surface area contributed by atoms with Gasteiger partial charge in [-0.2, -0.15) is 0 Å². The topological polar surface area (TPSA) is 19.7 Å². The Morgan fingerprint density at radius 1 is 0.135 bits per heavy atom. The minimum absolute atomic E-state index is 1.16. The van der Waals surface area contributed by atoms with Gasteiger partial charge in [-0.3, -0.25) is 0 Å². The molecule has 4 heterocycles. The molecule has 0 bridgehead atoms. The van der Waals surface area contributed by atoms with E-state index in [1.165, 1.54) is 186 Å². The molecule has 0 amide bonds. The molecule has 0 N–H and O–H groups in total. The van der Waals surface area contributed by atoms with Gasteiger partial charge in [-0.1, -0.05) is 267 Å². The van der Waals surface area contributed by atoms with Crippen molar-refractivity contribution >= 4 is 130 Å². The number of rotatable bonds is 8. The van der Waals surface area contributed by atoms with Crippen molar-refractivity contribution in [3.8, 4) is 67.3 Å². The van der Waals surface area contributed by atoms with Gasteiger partial charge in [0.15, 0.2) is 0 Å². The molecule has 22 aromatic rings. The average Bonchev–Trinajstić information content (AvgIpc) is 1.63. The van der Waals surface area contributed by atoms with E-state index in [0.717, 1.165) is 11.4 Å². The number of nitrogens with zero attached hydrogens (tertiary/aromatic N) is 4. The van der Waals surface area contributed by atoms with Crippen molar-refractivity contribution in [2.24, 2.45) is 0 Å². The van der Waals surface area contributed by atoms with Crippen molar-refractivity contribution in [2.75, 3.05) is 0 Å². The van der Waals surface area contributed by atoms with Crippen molar-refractivity contribution in [1.29, 1.82) is 0 Å². The first-order valence-corrected chi connectivity index (χ1v) is 35.9. The van der Waals surface area contributed by atoms with Gasteiger partial charge in [0.2, 0.25) is 0 Å². The molecule has 0 saturated carbocycles. The van der Waals surface area contributed by atoms with Crippen LogP contribution in [0.5, 0.6) is 0 Å². The molecule has 0 aliphatic heterocycles. The molecule has 18 aromatic carbocycles. The van der Waals surface area contributed by atoms with E-state index in [-0.39, 0.29) is 0 Å². The second-order valence-corrected chi connectivity index (χ2v) is 27.5. The molecule has 104 heavy (non-hydrogen) atoms. The van der Waals surface area contributed by atoms with E-state index >= 15 is 0 Å². The third-order valence-corrected chi connectivity index (χ3v) is 21.8. The van der Waals surface area contributed by atoms with E-state index in [0.29, 0.717) is 0 Å². The molecular weight excluding hydrogens is 1260 g/mol. The Kier molecular flexibility index (Phi) is 13.6. The highest BCUT2D eigenvalue weighted by molar-refractivity contribution is 6.19. The molecule has 0 unspecified atom stereocenters. The quantitative estimate of drug-likeness (QED) is 0.135. The Hall–Kier alpha value is -13.8. The van der Waals surface area contributed by atoms with Crippen LogP contribution in [0.3, 0.4) is 0 Å². The van der Waals surface area contributed by atoms with Gasteiger partial charge in [-0.05, 0) is 204 Å². The Labute approximate surface area is 600 Å². The summed E-state index contributed by atoms with van der Waals surface area (Å²) in [5.41, 5.74) is 24.2. The van der Waals surface area contributed by atoms with Crippen LogP contribution < -0.4 is 0 Å². The molecule has 22 rings (SSSR count). The maximum Gasteiger partial charge on any atom is 0.0546 e. The molecule has 484 valence electrons. The number of hydrogen-bond acceptors (Lipinski definition) is 0. The molecule has 4 nitrogen and oxygen atoms in total. The van der Waals surface area contributed by atoms with E-state index in [2.05, 4.69) is 407 Å². The van der Waals surface area contributed by atoms with Crippen molar-refractivity contribution in [3.05, 3.63) is 388 Å². The van der Waals surface area contributed by atoms with Crippen molar-refractivity contribution in [1.82, 2.24) is 18.3 Å². The van der Waals surface area contributed by atoms with Crippen molar-refractivity contribution in [3.63, 3.8) is 0 Å². The fraction of sp³-hybridized carbons (Fsp3) is 0. The normalized spacial score (nSPS) is 11.8. The summed E-state index contributed by atoms with van der Waals surface area (Å²) in [5.74, 6) is 0. The molecule has 0 fully saturated rings. The molecule has 0 atom stereocenters. The van der Waals surface area contributed by atoms with Crippen LogP contribution >= 0.6 is 0 Å². The van der Waals surface area contributed by atoms with E-state index in [4.69, 9.17) is 0 Å². The standard InChI is InChI=1S/2C50H32N2/c1-2-15-37(16-3-1)51-47-23-10-8-21-42(47)45-30-33(25-27-49(45)51)34-26-28-50-46(31-34)43-22-9-11-24-48(43)52(50)38-17-12-14-35(29-38)44-32-36-13-4-5-18-39(36)40-19-6-7-20-41(40)44;1-2-12-33(13-3-1)34-22-26-38(27-23-34)51-46-20-10-8-18-42(46)44-30-35(24-28-48(44)51)36-25-29-49-45(31-36)43-19-9-11-21-47(43)52(49)50-32-37-14-4-5-15-39(37)40-16-6-7-17-41(40)50/h2*1-32H. The zero-order valence-electron chi connectivity index (χ0n) is 56.7. The second kappa shape index (κ2) is 24.0. The Balaban J connectivity index is 0.000000134. The highest BCUT2D eigenvalue weighted by atomic mass is 15.0. The van der Waals surface area contributed by atoms with E-state index in [1.54, 1.807) is 0 Å². The van der Waals surface area contributed by atoms with E-state index in [9.17, 15) is 0 Å². The molecule has 0 spiro atoms. The van der Waals surface area contributed by atoms with Gasteiger partial charge < -0.3 is 18.3 Å². The zero-order chi connectivity index (χ0) is 68.3. The molecular formula is C100H64N4. The first kappa shape index (κ1) is 59.1. The highest BCUT2D eigenvalue weighted by Gasteiger charge is 2.21. The number of para-hydroxylation sites is 5. The largest absolute Gasteiger partial charge is 0.309 e. The fourth-order valence-corrected chi connectivity index (χ4v) is 17.0. The SMILES string of the molecule is c1ccc(-c2ccc(-n3c4ccccc4c4cc(-c5ccc6c(c5)c5ccccc5n6-c5cc6ccccc6c6ccccc56)ccc43)cc2)cc1.c1ccc(-n2c3ccccc3c3cc(-c4ccc5c(c4)c4ccccc4n5-c4cccc(-c5cc6ccccc6c6ccccc56)c4)ccc32)cc1. The van der Waals surface area contributed by atoms with Gasteiger partial charge in [0.1, 0.15) is 0 Å². The average molecular weight is 1320 g/mol. The third-order valence-electron chi connectivity index (χ3n) is 21.8.